The average Bonchev–Trinajstić information content (AvgIpc) is 2.61. The van der Waals surface area contributed by atoms with Crippen LogP contribution in [0.3, 0.4) is 0 Å². The number of rotatable bonds is 8. The molecule has 1 amide bonds. The van der Waals surface area contributed by atoms with E-state index in [1.165, 1.54) is 6.92 Å². The van der Waals surface area contributed by atoms with Gasteiger partial charge in [-0.25, -0.2) is 4.79 Å². The molecule has 0 saturated heterocycles. The smallest absolute Gasteiger partial charge is 0.337 e. The Balaban J connectivity index is 2.10. The molecule has 2 rings (SSSR count). The molecule has 5 nitrogen and oxygen atoms in total. The van der Waals surface area contributed by atoms with Gasteiger partial charge in [0.15, 0.2) is 5.60 Å². The van der Waals surface area contributed by atoms with Gasteiger partial charge in [0, 0.05) is 5.92 Å². The molecule has 0 aromatic heterocycles. The SMILES string of the molecule is CC(O)(CNC(=O)C(Cc1ccccc1)Cc1ccccc1)C(=O)O. The van der Waals surface area contributed by atoms with Crippen LogP contribution in [0, 0.1) is 5.92 Å². The molecule has 0 radical (unpaired) electrons. The van der Waals surface area contributed by atoms with Crippen molar-refractivity contribution in [2.75, 3.05) is 6.54 Å². The minimum Gasteiger partial charge on any atom is -0.479 e. The van der Waals surface area contributed by atoms with Gasteiger partial charge in [0.1, 0.15) is 0 Å². The zero-order valence-corrected chi connectivity index (χ0v) is 14.2. The zero-order valence-electron chi connectivity index (χ0n) is 14.2. The fraction of sp³-hybridized carbons (Fsp3) is 0.300. The molecule has 0 saturated carbocycles. The van der Waals surface area contributed by atoms with Gasteiger partial charge in [-0.05, 0) is 30.9 Å². The minimum atomic E-state index is -1.99. The van der Waals surface area contributed by atoms with Gasteiger partial charge < -0.3 is 15.5 Å². The third-order valence-corrected chi connectivity index (χ3v) is 4.09. The highest BCUT2D eigenvalue weighted by molar-refractivity contribution is 5.82. The van der Waals surface area contributed by atoms with E-state index in [2.05, 4.69) is 5.32 Å². The maximum Gasteiger partial charge on any atom is 0.337 e. The van der Waals surface area contributed by atoms with Crippen LogP contribution in [-0.2, 0) is 22.4 Å². The Labute approximate surface area is 147 Å². The van der Waals surface area contributed by atoms with E-state index >= 15 is 0 Å². The average molecular weight is 341 g/mol. The fourth-order valence-corrected chi connectivity index (χ4v) is 2.53. The van der Waals surface area contributed by atoms with Crippen molar-refractivity contribution < 1.29 is 19.8 Å². The van der Waals surface area contributed by atoms with Crippen LogP contribution in [0.25, 0.3) is 0 Å². The molecule has 132 valence electrons. The van der Waals surface area contributed by atoms with Crippen molar-refractivity contribution in [3.05, 3.63) is 71.8 Å². The number of aliphatic carboxylic acids is 1. The summed E-state index contributed by atoms with van der Waals surface area (Å²) in [5.41, 5.74) is 0.0758. The lowest BCUT2D eigenvalue weighted by molar-refractivity contribution is -0.156. The summed E-state index contributed by atoms with van der Waals surface area (Å²) in [4.78, 5) is 23.6. The monoisotopic (exact) mass is 341 g/mol. The van der Waals surface area contributed by atoms with Gasteiger partial charge in [0.2, 0.25) is 5.91 Å². The van der Waals surface area contributed by atoms with E-state index in [4.69, 9.17) is 5.11 Å². The van der Waals surface area contributed by atoms with Gasteiger partial charge in [0.25, 0.3) is 0 Å². The second kappa shape index (κ2) is 8.44. The van der Waals surface area contributed by atoms with Gasteiger partial charge in [-0.2, -0.15) is 0 Å². The van der Waals surface area contributed by atoms with Crippen molar-refractivity contribution >= 4 is 11.9 Å². The number of amides is 1. The summed E-state index contributed by atoms with van der Waals surface area (Å²) < 4.78 is 0. The van der Waals surface area contributed by atoms with Gasteiger partial charge in [-0.15, -0.1) is 0 Å². The van der Waals surface area contributed by atoms with Crippen LogP contribution in [0.2, 0.25) is 0 Å². The highest BCUT2D eigenvalue weighted by Crippen LogP contribution is 2.16. The normalized spacial score (nSPS) is 13.2. The van der Waals surface area contributed by atoms with E-state index in [0.29, 0.717) is 12.8 Å². The van der Waals surface area contributed by atoms with Crippen molar-refractivity contribution in [1.29, 1.82) is 0 Å². The number of hydrogen-bond acceptors (Lipinski definition) is 3. The van der Waals surface area contributed by atoms with Gasteiger partial charge >= 0.3 is 5.97 Å². The highest BCUT2D eigenvalue weighted by Gasteiger charge is 2.31. The maximum absolute atomic E-state index is 12.6. The first-order valence-corrected chi connectivity index (χ1v) is 8.20. The molecule has 5 heteroatoms. The molecular formula is C20H23NO4. The Morgan fingerprint density at radius 1 is 0.960 bits per heavy atom. The first kappa shape index (κ1) is 18.7. The number of carbonyl (C=O) groups excluding carboxylic acids is 1. The maximum atomic E-state index is 12.6. The molecule has 2 aromatic carbocycles. The van der Waals surface area contributed by atoms with Crippen molar-refractivity contribution in [2.24, 2.45) is 5.92 Å². The van der Waals surface area contributed by atoms with E-state index in [9.17, 15) is 14.7 Å². The molecule has 1 atom stereocenters. The predicted molar refractivity (Wildman–Crippen MR) is 95.1 cm³/mol. The molecule has 3 N–H and O–H groups in total. The number of hydrogen-bond donors (Lipinski definition) is 3. The zero-order chi connectivity index (χ0) is 18.3. The van der Waals surface area contributed by atoms with Crippen LogP contribution in [0.4, 0.5) is 0 Å². The van der Waals surface area contributed by atoms with E-state index in [-0.39, 0.29) is 18.4 Å². The second-order valence-corrected chi connectivity index (χ2v) is 6.37. The van der Waals surface area contributed by atoms with Crippen molar-refractivity contribution in [2.45, 2.75) is 25.4 Å². The van der Waals surface area contributed by atoms with Gasteiger partial charge in [0.05, 0.1) is 6.54 Å². The van der Waals surface area contributed by atoms with E-state index in [1.807, 2.05) is 60.7 Å². The lowest BCUT2D eigenvalue weighted by Crippen LogP contribution is -2.48. The quantitative estimate of drug-likeness (QED) is 0.686. The van der Waals surface area contributed by atoms with Crippen LogP contribution in [0.1, 0.15) is 18.1 Å². The number of carboxylic acids is 1. The van der Waals surface area contributed by atoms with Gasteiger partial charge in [-0.3, -0.25) is 4.79 Å². The Bertz CT molecular complexity index is 657. The third kappa shape index (κ3) is 5.72. The summed E-state index contributed by atoms with van der Waals surface area (Å²) in [6, 6.07) is 19.3. The lowest BCUT2D eigenvalue weighted by Gasteiger charge is -2.22. The van der Waals surface area contributed by atoms with E-state index < -0.39 is 11.6 Å². The Morgan fingerprint density at radius 2 is 1.40 bits per heavy atom. The summed E-state index contributed by atoms with van der Waals surface area (Å²) >= 11 is 0. The van der Waals surface area contributed by atoms with Crippen LogP contribution in [0.5, 0.6) is 0 Å². The summed E-state index contributed by atoms with van der Waals surface area (Å²) in [6.07, 6.45) is 1.08. The standard InChI is InChI=1S/C20H23NO4/c1-20(25,19(23)24)14-21-18(22)17(12-15-8-4-2-5-9-15)13-16-10-6-3-7-11-16/h2-11,17,25H,12-14H2,1H3,(H,21,22)(H,23,24). The number of carboxylic acid groups (broad SMARTS) is 1. The van der Waals surface area contributed by atoms with Crippen molar-refractivity contribution in [1.82, 2.24) is 5.32 Å². The van der Waals surface area contributed by atoms with Crippen LogP contribution < -0.4 is 5.32 Å². The largest absolute Gasteiger partial charge is 0.479 e. The molecule has 0 heterocycles. The predicted octanol–water partition coefficient (Wildman–Crippen LogP) is 2.04. The van der Waals surface area contributed by atoms with Crippen molar-refractivity contribution in [3.8, 4) is 0 Å². The Kier molecular flexibility index (Phi) is 6.31. The molecule has 0 aliphatic carbocycles. The number of nitrogens with one attached hydrogen (secondary N) is 1. The molecule has 0 aliphatic heterocycles. The summed E-state index contributed by atoms with van der Waals surface area (Å²) in [6.45, 7) is 0.834. The second-order valence-electron chi connectivity index (χ2n) is 6.37. The van der Waals surface area contributed by atoms with Gasteiger partial charge in [-0.1, -0.05) is 60.7 Å². The summed E-state index contributed by atoms with van der Waals surface area (Å²) in [5, 5.41) is 21.3. The van der Waals surface area contributed by atoms with E-state index in [0.717, 1.165) is 11.1 Å². The molecule has 0 aliphatic rings. The lowest BCUT2D eigenvalue weighted by atomic mass is 9.91. The summed E-state index contributed by atoms with van der Waals surface area (Å²) in [5.74, 6) is -1.99. The first-order chi connectivity index (χ1) is 11.9. The Hall–Kier alpha value is -2.66. The summed E-state index contributed by atoms with van der Waals surface area (Å²) in [7, 11) is 0. The van der Waals surface area contributed by atoms with Crippen LogP contribution in [0.15, 0.2) is 60.7 Å². The minimum absolute atomic E-state index is 0.269. The molecule has 25 heavy (non-hydrogen) atoms. The molecule has 0 spiro atoms. The highest BCUT2D eigenvalue weighted by atomic mass is 16.4. The molecule has 0 bridgehead atoms. The number of carbonyl (C=O) groups is 2. The molecule has 0 fully saturated rings. The molecular weight excluding hydrogens is 318 g/mol. The number of aliphatic hydroxyl groups is 1. The van der Waals surface area contributed by atoms with Crippen LogP contribution >= 0.6 is 0 Å². The Morgan fingerprint density at radius 3 is 1.80 bits per heavy atom. The third-order valence-electron chi connectivity index (χ3n) is 4.09. The number of benzene rings is 2. The van der Waals surface area contributed by atoms with Crippen molar-refractivity contribution in [3.63, 3.8) is 0 Å². The topological polar surface area (TPSA) is 86.6 Å². The fourth-order valence-electron chi connectivity index (χ4n) is 2.53. The molecule has 1 unspecified atom stereocenters. The first-order valence-electron chi connectivity index (χ1n) is 8.20. The van der Waals surface area contributed by atoms with Crippen LogP contribution in [-0.4, -0.2) is 34.2 Å². The molecule has 2 aromatic rings. The van der Waals surface area contributed by atoms with E-state index in [1.54, 1.807) is 0 Å².